The quantitative estimate of drug-likeness (QED) is 0.297. The molecule has 2 N–H and O–H groups in total. The molecule has 10 nitrogen and oxygen atoms in total. The van der Waals surface area contributed by atoms with Crippen molar-refractivity contribution in [3.63, 3.8) is 0 Å². The predicted octanol–water partition coefficient (Wildman–Crippen LogP) is 5.48. The number of aromatic amines is 1. The van der Waals surface area contributed by atoms with Crippen molar-refractivity contribution in [2.45, 2.75) is 38.1 Å². The lowest BCUT2D eigenvalue weighted by Crippen LogP contribution is -2.51. The smallest absolute Gasteiger partial charge is 0.419 e. The number of fused-ring (bicyclic) bond motifs is 1. The second-order valence-corrected chi connectivity index (χ2v) is 11.6. The van der Waals surface area contributed by atoms with Crippen LogP contribution in [0.4, 0.5) is 29.7 Å². The van der Waals surface area contributed by atoms with Crippen molar-refractivity contribution in [3.05, 3.63) is 66.0 Å². The van der Waals surface area contributed by atoms with Gasteiger partial charge in [0.1, 0.15) is 23.6 Å². The molecule has 13 heteroatoms. The fourth-order valence-corrected chi connectivity index (χ4v) is 6.45. The van der Waals surface area contributed by atoms with Crippen molar-refractivity contribution < 1.29 is 27.4 Å². The number of H-pyrrole nitrogens is 1. The summed E-state index contributed by atoms with van der Waals surface area (Å²) in [5, 5.41) is 3.84. The zero-order valence-electron chi connectivity index (χ0n) is 23.9. The highest BCUT2D eigenvalue weighted by Crippen LogP contribution is 2.49. The molecule has 5 heterocycles. The fourth-order valence-electron chi connectivity index (χ4n) is 6.45. The van der Waals surface area contributed by atoms with Crippen molar-refractivity contribution in [1.82, 2.24) is 24.8 Å². The van der Waals surface area contributed by atoms with Gasteiger partial charge in [0.15, 0.2) is 0 Å². The number of benzene rings is 1. The lowest BCUT2D eigenvalue weighted by atomic mass is 9.64. The van der Waals surface area contributed by atoms with Crippen LogP contribution in [0.1, 0.15) is 30.4 Å². The van der Waals surface area contributed by atoms with Gasteiger partial charge in [0.05, 0.1) is 18.9 Å². The Hall–Kier alpha value is -4.39. The molecule has 2 saturated heterocycles. The van der Waals surface area contributed by atoms with Crippen LogP contribution in [0.3, 0.4) is 0 Å². The maximum atomic E-state index is 14.2. The summed E-state index contributed by atoms with van der Waals surface area (Å²) in [5.41, 5.74) is 0.352. The molecule has 1 spiro atoms. The first-order valence-electron chi connectivity index (χ1n) is 14.8. The van der Waals surface area contributed by atoms with Gasteiger partial charge < -0.3 is 29.6 Å². The Labute approximate surface area is 251 Å². The Morgan fingerprint density at radius 2 is 1.91 bits per heavy atom. The first-order valence-corrected chi connectivity index (χ1v) is 14.8. The second-order valence-electron chi connectivity index (χ2n) is 11.6. The molecule has 1 aliphatic carbocycles. The van der Waals surface area contributed by atoms with Gasteiger partial charge in [-0.15, -0.1) is 0 Å². The number of aromatic nitrogens is 4. The number of nitrogens with zero attached hydrogens (tertiary/aromatic N) is 5. The van der Waals surface area contributed by atoms with E-state index >= 15 is 0 Å². The topological polar surface area (TPSA) is 108 Å². The third kappa shape index (κ3) is 5.40. The number of anilines is 2. The Bertz CT molecular complexity index is 1660. The first-order chi connectivity index (χ1) is 21.3. The van der Waals surface area contributed by atoms with Crippen LogP contribution in [0.5, 0.6) is 0 Å². The van der Waals surface area contributed by atoms with Gasteiger partial charge in [0.25, 0.3) is 0 Å². The molecule has 3 aromatic heterocycles. The third-order valence-electron chi connectivity index (χ3n) is 9.03. The number of halogens is 3. The van der Waals surface area contributed by atoms with Gasteiger partial charge in [-0.2, -0.15) is 13.2 Å². The lowest BCUT2D eigenvalue weighted by Gasteiger charge is -2.47. The number of amides is 1. The van der Waals surface area contributed by atoms with Gasteiger partial charge in [-0.25, -0.2) is 19.7 Å². The zero-order chi connectivity index (χ0) is 30.3. The number of ether oxygens (including phenoxy) is 2. The van der Waals surface area contributed by atoms with E-state index in [1.54, 1.807) is 11.0 Å². The first kappa shape index (κ1) is 28.4. The number of hydrogen-bond acceptors (Lipinski definition) is 8. The molecule has 1 amide bonds. The summed E-state index contributed by atoms with van der Waals surface area (Å²) in [6.07, 6.45) is -0.210. The SMILES string of the molecule is O=C(OCc1ccccc1)N1CCC2(CCC2Nc2ncc(C(F)(F)F)c(-c3c[nH]c4nc(N5CCOCC5)ccc34)n2)C1. The number of nitrogens with one attached hydrogen (secondary N) is 2. The van der Waals surface area contributed by atoms with Crippen molar-refractivity contribution in [3.8, 4) is 11.3 Å². The number of carbonyl (C=O) groups excluding carboxylic acids is 1. The van der Waals surface area contributed by atoms with Crippen LogP contribution in [0.15, 0.2) is 54.9 Å². The number of rotatable bonds is 6. The highest BCUT2D eigenvalue weighted by Gasteiger charge is 2.52. The highest BCUT2D eigenvalue weighted by molar-refractivity contribution is 5.94. The van der Waals surface area contributed by atoms with E-state index in [-0.39, 0.29) is 35.8 Å². The zero-order valence-corrected chi connectivity index (χ0v) is 23.9. The molecule has 3 fully saturated rings. The number of carbonyl (C=O) groups is 1. The average molecular weight is 608 g/mol. The summed E-state index contributed by atoms with van der Waals surface area (Å²) in [4.78, 5) is 32.8. The number of pyridine rings is 1. The molecule has 4 aromatic rings. The minimum atomic E-state index is -4.65. The number of likely N-dealkylation sites (tertiary alicyclic amines) is 1. The molecule has 2 unspecified atom stereocenters. The highest BCUT2D eigenvalue weighted by atomic mass is 19.4. The molecular formula is C31H32F3N7O3. The molecule has 2 atom stereocenters. The summed E-state index contributed by atoms with van der Waals surface area (Å²) in [5.74, 6) is 0.856. The van der Waals surface area contributed by atoms with E-state index in [0.717, 1.165) is 36.8 Å². The summed E-state index contributed by atoms with van der Waals surface area (Å²) < 4.78 is 53.4. The summed E-state index contributed by atoms with van der Waals surface area (Å²) in [7, 11) is 0. The summed E-state index contributed by atoms with van der Waals surface area (Å²) in [6.45, 7) is 3.84. The third-order valence-corrected chi connectivity index (χ3v) is 9.03. The van der Waals surface area contributed by atoms with E-state index in [2.05, 4.69) is 30.2 Å². The van der Waals surface area contributed by atoms with Gasteiger partial charge >= 0.3 is 12.3 Å². The van der Waals surface area contributed by atoms with Crippen LogP contribution < -0.4 is 10.2 Å². The van der Waals surface area contributed by atoms with Crippen LogP contribution in [0.25, 0.3) is 22.3 Å². The van der Waals surface area contributed by atoms with Crippen molar-refractivity contribution >= 4 is 28.9 Å². The van der Waals surface area contributed by atoms with E-state index in [4.69, 9.17) is 9.47 Å². The van der Waals surface area contributed by atoms with Crippen LogP contribution in [0.2, 0.25) is 0 Å². The molecule has 3 aliphatic rings. The van der Waals surface area contributed by atoms with Crippen molar-refractivity contribution in [1.29, 1.82) is 0 Å². The molecule has 7 rings (SSSR count). The van der Waals surface area contributed by atoms with E-state index in [9.17, 15) is 18.0 Å². The van der Waals surface area contributed by atoms with Crippen LogP contribution in [0, 0.1) is 5.41 Å². The van der Waals surface area contributed by atoms with E-state index in [1.807, 2.05) is 36.4 Å². The number of hydrogen-bond donors (Lipinski definition) is 2. The minimum absolute atomic E-state index is 0.0836. The van der Waals surface area contributed by atoms with Crippen LogP contribution >= 0.6 is 0 Å². The maximum Gasteiger partial charge on any atom is 0.419 e. The van der Waals surface area contributed by atoms with Gasteiger partial charge in [0.2, 0.25) is 5.95 Å². The van der Waals surface area contributed by atoms with E-state index < -0.39 is 11.7 Å². The molecule has 44 heavy (non-hydrogen) atoms. The van der Waals surface area contributed by atoms with Crippen molar-refractivity contribution in [2.24, 2.45) is 5.41 Å². The van der Waals surface area contributed by atoms with Crippen LogP contribution in [-0.4, -0.2) is 76.4 Å². The van der Waals surface area contributed by atoms with E-state index in [1.165, 1.54) is 6.20 Å². The van der Waals surface area contributed by atoms with Gasteiger partial charge in [-0.05, 0) is 37.0 Å². The minimum Gasteiger partial charge on any atom is -0.445 e. The number of alkyl halides is 3. The molecule has 0 bridgehead atoms. The van der Waals surface area contributed by atoms with Gasteiger partial charge in [-0.3, -0.25) is 0 Å². The average Bonchev–Trinajstić information content (AvgIpc) is 3.69. The molecule has 2 aliphatic heterocycles. The Morgan fingerprint density at radius 1 is 1.09 bits per heavy atom. The standard InChI is InChI=1S/C31H32F3N7O3/c32-31(33,34)23-17-36-28(39-26(23)22-16-35-27-21(22)6-7-25(38-27)40-12-14-43-15-13-40)37-24-8-9-30(24)10-11-41(19-30)29(42)44-18-20-4-2-1-3-5-20/h1-7,16-17,24H,8-15,18-19H2,(H,35,38)(H,36,37,39). The summed E-state index contributed by atoms with van der Waals surface area (Å²) >= 11 is 0. The Kier molecular flexibility index (Phi) is 7.27. The fraction of sp³-hybridized carbons (Fsp3) is 0.419. The molecule has 1 saturated carbocycles. The monoisotopic (exact) mass is 607 g/mol. The molecule has 0 radical (unpaired) electrons. The van der Waals surface area contributed by atoms with E-state index in [0.29, 0.717) is 56.0 Å². The lowest BCUT2D eigenvalue weighted by molar-refractivity contribution is -0.137. The predicted molar refractivity (Wildman–Crippen MR) is 157 cm³/mol. The van der Waals surface area contributed by atoms with Crippen LogP contribution in [-0.2, 0) is 22.3 Å². The molecule has 230 valence electrons. The van der Waals surface area contributed by atoms with Crippen molar-refractivity contribution in [2.75, 3.05) is 49.6 Å². The Morgan fingerprint density at radius 3 is 2.66 bits per heavy atom. The maximum absolute atomic E-state index is 14.2. The largest absolute Gasteiger partial charge is 0.445 e. The summed E-state index contributed by atoms with van der Waals surface area (Å²) in [6, 6.07) is 13.0. The normalized spacial score (nSPS) is 21.9. The number of morpholine rings is 1. The Balaban J connectivity index is 1.09. The van der Waals surface area contributed by atoms with Gasteiger partial charge in [0, 0.05) is 61.0 Å². The van der Waals surface area contributed by atoms with Gasteiger partial charge in [-0.1, -0.05) is 30.3 Å². The molecular weight excluding hydrogens is 575 g/mol. The second kappa shape index (κ2) is 11.3. The molecule has 1 aromatic carbocycles.